The summed E-state index contributed by atoms with van der Waals surface area (Å²) in [6.07, 6.45) is 0. The largest absolute Gasteiger partial charge is 0.492 e. The summed E-state index contributed by atoms with van der Waals surface area (Å²) >= 11 is 6.09. The Morgan fingerprint density at radius 2 is 2.07 bits per heavy atom. The van der Waals surface area contributed by atoms with Crippen molar-refractivity contribution in [3.8, 4) is 5.75 Å². The standard InChI is InChI=1S/C12H12ClNO/c1-3-15-11-7-6-10(13)9-5-4-8(2)14-12(9)11/h4-7H,3H2,1-2H3. The lowest BCUT2D eigenvalue weighted by atomic mass is 10.2. The van der Waals surface area contributed by atoms with Crippen LogP contribution in [0.25, 0.3) is 10.9 Å². The van der Waals surface area contributed by atoms with E-state index in [1.54, 1.807) is 0 Å². The normalized spacial score (nSPS) is 10.6. The second-order valence-corrected chi connectivity index (χ2v) is 3.73. The molecule has 1 aromatic carbocycles. The molecular formula is C12H12ClNO. The van der Waals surface area contributed by atoms with Crippen LogP contribution in [-0.4, -0.2) is 11.6 Å². The number of pyridine rings is 1. The Morgan fingerprint density at radius 1 is 1.27 bits per heavy atom. The zero-order valence-electron chi connectivity index (χ0n) is 8.75. The van der Waals surface area contributed by atoms with E-state index in [2.05, 4.69) is 4.98 Å². The average Bonchev–Trinajstić information content (AvgIpc) is 2.22. The Hall–Kier alpha value is -1.28. The molecule has 0 spiro atoms. The van der Waals surface area contributed by atoms with E-state index in [9.17, 15) is 0 Å². The van der Waals surface area contributed by atoms with Crippen LogP contribution in [0.5, 0.6) is 5.75 Å². The zero-order chi connectivity index (χ0) is 10.8. The summed E-state index contributed by atoms with van der Waals surface area (Å²) < 4.78 is 5.51. The lowest BCUT2D eigenvalue weighted by molar-refractivity contribution is 0.343. The van der Waals surface area contributed by atoms with Crippen LogP contribution < -0.4 is 4.74 Å². The molecule has 78 valence electrons. The van der Waals surface area contributed by atoms with E-state index in [0.717, 1.165) is 22.3 Å². The Bertz CT molecular complexity index is 496. The van der Waals surface area contributed by atoms with E-state index in [1.165, 1.54) is 0 Å². The van der Waals surface area contributed by atoms with Gasteiger partial charge in [0.2, 0.25) is 0 Å². The molecule has 0 N–H and O–H groups in total. The molecule has 2 aromatic rings. The maximum absolute atomic E-state index is 6.09. The van der Waals surface area contributed by atoms with Gasteiger partial charge in [-0.3, -0.25) is 0 Å². The Kier molecular flexibility index (Phi) is 2.78. The van der Waals surface area contributed by atoms with Gasteiger partial charge in [0.1, 0.15) is 11.3 Å². The van der Waals surface area contributed by atoms with Crippen LogP contribution in [-0.2, 0) is 0 Å². The summed E-state index contributed by atoms with van der Waals surface area (Å²) in [7, 11) is 0. The van der Waals surface area contributed by atoms with Gasteiger partial charge < -0.3 is 4.74 Å². The summed E-state index contributed by atoms with van der Waals surface area (Å²) in [5, 5.41) is 1.65. The molecule has 3 heteroatoms. The van der Waals surface area contributed by atoms with Crippen molar-refractivity contribution < 1.29 is 4.74 Å². The summed E-state index contributed by atoms with van der Waals surface area (Å²) in [5.74, 6) is 0.792. The van der Waals surface area contributed by atoms with Gasteiger partial charge in [0.15, 0.2) is 0 Å². The summed E-state index contributed by atoms with van der Waals surface area (Å²) in [6, 6.07) is 7.62. The number of fused-ring (bicyclic) bond motifs is 1. The van der Waals surface area contributed by atoms with E-state index in [4.69, 9.17) is 16.3 Å². The minimum atomic E-state index is 0.631. The molecule has 2 nitrogen and oxygen atoms in total. The van der Waals surface area contributed by atoms with Crippen LogP contribution in [0.1, 0.15) is 12.6 Å². The highest BCUT2D eigenvalue weighted by Gasteiger charge is 2.06. The summed E-state index contributed by atoms with van der Waals surface area (Å²) in [4.78, 5) is 4.45. The quantitative estimate of drug-likeness (QED) is 0.773. The molecule has 0 amide bonds. The molecule has 1 aromatic heterocycles. The zero-order valence-corrected chi connectivity index (χ0v) is 9.51. The lowest BCUT2D eigenvalue weighted by Crippen LogP contribution is -1.94. The van der Waals surface area contributed by atoms with Crippen LogP contribution in [0, 0.1) is 6.92 Å². The fraction of sp³-hybridized carbons (Fsp3) is 0.250. The SMILES string of the molecule is CCOc1ccc(Cl)c2ccc(C)nc12. The minimum Gasteiger partial charge on any atom is -0.492 e. The van der Waals surface area contributed by atoms with Gasteiger partial charge in [0.25, 0.3) is 0 Å². The Balaban J connectivity index is 2.72. The first-order chi connectivity index (χ1) is 7.22. The number of benzene rings is 1. The smallest absolute Gasteiger partial charge is 0.145 e. The van der Waals surface area contributed by atoms with Crippen molar-refractivity contribution >= 4 is 22.5 Å². The van der Waals surface area contributed by atoms with Crippen molar-refractivity contribution in [1.82, 2.24) is 4.98 Å². The molecule has 0 unspecified atom stereocenters. The number of hydrogen-bond acceptors (Lipinski definition) is 2. The van der Waals surface area contributed by atoms with Gasteiger partial charge in [0, 0.05) is 11.1 Å². The molecule has 0 saturated heterocycles. The van der Waals surface area contributed by atoms with E-state index < -0.39 is 0 Å². The third kappa shape index (κ3) is 1.90. The van der Waals surface area contributed by atoms with Crippen molar-refractivity contribution in [2.45, 2.75) is 13.8 Å². The Labute approximate surface area is 93.8 Å². The molecule has 0 aliphatic heterocycles. The van der Waals surface area contributed by atoms with E-state index in [0.29, 0.717) is 11.6 Å². The van der Waals surface area contributed by atoms with Crippen molar-refractivity contribution in [2.75, 3.05) is 6.61 Å². The molecule has 0 atom stereocenters. The average molecular weight is 222 g/mol. The van der Waals surface area contributed by atoms with Crippen LogP contribution >= 0.6 is 11.6 Å². The predicted molar refractivity (Wildman–Crippen MR) is 62.7 cm³/mol. The molecule has 0 fully saturated rings. The van der Waals surface area contributed by atoms with Gasteiger partial charge in [-0.05, 0) is 38.1 Å². The lowest BCUT2D eigenvalue weighted by Gasteiger charge is -2.08. The van der Waals surface area contributed by atoms with Crippen LogP contribution in [0.3, 0.4) is 0 Å². The molecule has 0 saturated carbocycles. The first kappa shape index (κ1) is 10.2. The molecule has 0 aliphatic carbocycles. The minimum absolute atomic E-state index is 0.631. The third-order valence-corrected chi connectivity index (χ3v) is 2.54. The van der Waals surface area contributed by atoms with E-state index in [-0.39, 0.29) is 0 Å². The maximum Gasteiger partial charge on any atom is 0.145 e. The third-order valence-electron chi connectivity index (χ3n) is 2.21. The second-order valence-electron chi connectivity index (χ2n) is 3.33. The number of ether oxygens (including phenoxy) is 1. The molecule has 15 heavy (non-hydrogen) atoms. The highest BCUT2D eigenvalue weighted by molar-refractivity contribution is 6.35. The summed E-state index contributed by atoms with van der Waals surface area (Å²) in [5.41, 5.74) is 1.80. The molecule has 0 radical (unpaired) electrons. The van der Waals surface area contributed by atoms with Gasteiger partial charge in [0.05, 0.1) is 11.6 Å². The monoisotopic (exact) mass is 221 g/mol. The van der Waals surface area contributed by atoms with Crippen LogP contribution in [0.15, 0.2) is 24.3 Å². The topological polar surface area (TPSA) is 22.1 Å². The fourth-order valence-corrected chi connectivity index (χ4v) is 1.74. The van der Waals surface area contributed by atoms with Gasteiger partial charge in [-0.15, -0.1) is 0 Å². The fourth-order valence-electron chi connectivity index (χ4n) is 1.53. The molecule has 1 heterocycles. The first-order valence-corrected chi connectivity index (χ1v) is 5.29. The number of rotatable bonds is 2. The maximum atomic E-state index is 6.09. The molecule has 0 aliphatic rings. The number of halogens is 1. The van der Waals surface area contributed by atoms with E-state index >= 15 is 0 Å². The molecular weight excluding hydrogens is 210 g/mol. The second kappa shape index (κ2) is 4.07. The molecule has 0 bridgehead atoms. The number of hydrogen-bond donors (Lipinski definition) is 0. The van der Waals surface area contributed by atoms with E-state index in [1.807, 2.05) is 38.1 Å². The van der Waals surface area contributed by atoms with Gasteiger partial charge in [-0.2, -0.15) is 0 Å². The highest BCUT2D eigenvalue weighted by Crippen LogP contribution is 2.30. The van der Waals surface area contributed by atoms with Gasteiger partial charge >= 0.3 is 0 Å². The predicted octanol–water partition coefficient (Wildman–Crippen LogP) is 3.60. The highest BCUT2D eigenvalue weighted by atomic mass is 35.5. The van der Waals surface area contributed by atoms with Crippen molar-refractivity contribution in [3.05, 3.63) is 35.0 Å². The van der Waals surface area contributed by atoms with Gasteiger partial charge in [-0.25, -0.2) is 4.98 Å². The van der Waals surface area contributed by atoms with Crippen molar-refractivity contribution in [3.63, 3.8) is 0 Å². The van der Waals surface area contributed by atoms with Crippen molar-refractivity contribution in [2.24, 2.45) is 0 Å². The van der Waals surface area contributed by atoms with Crippen LogP contribution in [0.4, 0.5) is 0 Å². The first-order valence-electron chi connectivity index (χ1n) is 4.91. The number of nitrogens with zero attached hydrogens (tertiary/aromatic N) is 1. The Morgan fingerprint density at radius 3 is 2.80 bits per heavy atom. The van der Waals surface area contributed by atoms with Crippen molar-refractivity contribution in [1.29, 1.82) is 0 Å². The van der Waals surface area contributed by atoms with Crippen LogP contribution in [0.2, 0.25) is 5.02 Å². The number of aromatic nitrogens is 1. The number of aryl methyl sites for hydroxylation is 1. The van der Waals surface area contributed by atoms with Gasteiger partial charge in [-0.1, -0.05) is 11.6 Å². The molecule has 2 rings (SSSR count). The summed E-state index contributed by atoms with van der Waals surface area (Å²) in [6.45, 7) is 4.54.